The summed E-state index contributed by atoms with van der Waals surface area (Å²) >= 11 is 0. The van der Waals surface area contributed by atoms with Crippen LogP contribution in [0, 0.1) is 11.8 Å². The summed E-state index contributed by atoms with van der Waals surface area (Å²) in [4.78, 5) is 2.65. The van der Waals surface area contributed by atoms with Gasteiger partial charge >= 0.3 is 0 Å². The molecule has 114 valence electrons. The van der Waals surface area contributed by atoms with Gasteiger partial charge in [-0.05, 0) is 31.6 Å². The average molecular weight is 279 g/mol. The van der Waals surface area contributed by atoms with Gasteiger partial charge in [0.2, 0.25) is 0 Å². The van der Waals surface area contributed by atoms with Crippen LogP contribution in [0.5, 0.6) is 0 Å². The quantitative estimate of drug-likeness (QED) is 0.726. The van der Waals surface area contributed by atoms with Crippen LogP contribution in [0.15, 0.2) is 11.6 Å². The van der Waals surface area contributed by atoms with Crippen LogP contribution in [0.4, 0.5) is 0 Å². The van der Waals surface area contributed by atoms with E-state index in [-0.39, 0.29) is 5.60 Å². The topological polar surface area (TPSA) is 21.7 Å². The van der Waals surface area contributed by atoms with Gasteiger partial charge in [-0.25, -0.2) is 0 Å². The lowest BCUT2D eigenvalue weighted by molar-refractivity contribution is -0.155. The van der Waals surface area contributed by atoms with Gasteiger partial charge in [-0.2, -0.15) is 0 Å². The number of morpholine rings is 1. The van der Waals surface area contributed by atoms with E-state index in [1.54, 1.807) is 5.57 Å². The number of hydrogen-bond acceptors (Lipinski definition) is 3. The van der Waals surface area contributed by atoms with Gasteiger partial charge in [0, 0.05) is 45.7 Å². The van der Waals surface area contributed by atoms with Crippen molar-refractivity contribution >= 4 is 0 Å². The minimum absolute atomic E-state index is 0.0893. The van der Waals surface area contributed by atoms with Gasteiger partial charge in [-0.3, -0.25) is 4.90 Å². The highest BCUT2D eigenvalue weighted by atomic mass is 16.5. The molecule has 2 heterocycles. The molecule has 0 saturated carbocycles. The Labute approximate surface area is 123 Å². The first-order valence-corrected chi connectivity index (χ1v) is 8.29. The van der Waals surface area contributed by atoms with Crippen LogP contribution in [-0.4, -0.2) is 50.0 Å². The van der Waals surface area contributed by atoms with Crippen molar-refractivity contribution in [3.05, 3.63) is 11.6 Å². The lowest BCUT2D eigenvalue weighted by Gasteiger charge is -2.46. The van der Waals surface area contributed by atoms with Crippen molar-refractivity contribution in [2.75, 3.05) is 39.5 Å². The molecule has 2 fully saturated rings. The number of rotatable bonds is 2. The molecule has 0 N–H and O–H groups in total. The second kappa shape index (κ2) is 6.17. The summed E-state index contributed by atoms with van der Waals surface area (Å²) in [5, 5.41) is 0. The van der Waals surface area contributed by atoms with Crippen LogP contribution in [0.25, 0.3) is 0 Å². The Bertz CT molecular complexity index is 354. The SMILES string of the molecule is CC1=CCC[C@@H](C)[C@H]1CN1CCOC2(CCOCC2)C1. The van der Waals surface area contributed by atoms with Crippen molar-refractivity contribution in [1.82, 2.24) is 4.90 Å². The van der Waals surface area contributed by atoms with Gasteiger partial charge in [0.25, 0.3) is 0 Å². The van der Waals surface area contributed by atoms with Gasteiger partial charge in [0.05, 0.1) is 12.2 Å². The fraction of sp³-hybridized carbons (Fsp3) is 0.882. The van der Waals surface area contributed by atoms with Crippen molar-refractivity contribution < 1.29 is 9.47 Å². The molecule has 3 heteroatoms. The highest BCUT2D eigenvalue weighted by molar-refractivity contribution is 5.09. The lowest BCUT2D eigenvalue weighted by atomic mass is 9.79. The Balaban J connectivity index is 1.62. The number of nitrogens with zero attached hydrogens (tertiary/aromatic N) is 1. The fourth-order valence-corrected chi connectivity index (χ4v) is 4.10. The number of hydrogen-bond donors (Lipinski definition) is 0. The maximum atomic E-state index is 6.14. The molecule has 0 bridgehead atoms. The monoisotopic (exact) mass is 279 g/mol. The summed E-state index contributed by atoms with van der Waals surface area (Å²) in [6.07, 6.45) is 7.21. The Morgan fingerprint density at radius 3 is 2.85 bits per heavy atom. The van der Waals surface area contributed by atoms with Crippen LogP contribution in [0.2, 0.25) is 0 Å². The summed E-state index contributed by atoms with van der Waals surface area (Å²) in [7, 11) is 0. The average Bonchev–Trinajstić information content (AvgIpc) is 2.44. The summed E-state index contributed by atoms with van der Waals surface area (Å²) < 4.78 is 11.7. The van der Waals surface area contributed by atoms with Crippen molar-refractivity contribution in [2.24, 2.45) is 11.8 Å². The van der Waals surface area contributed by atoms with E-state index >= 15 is 0 Å². The van der Waals surface area contributed by atoms with Crippen LogP contribution >= 0.6 is 0 Å². The number of ether oxygens (including phenoxy) is 2. The van der Waals surface area contributed by atoms with Gasteiger partial charge in [0.15, 0.2) is 0 Å². The maximum Gasteiger partial charge on any atom is 0.0853 e. The molecule has 0 aromatic carbocycles. The summed E-state index contributed by atoms with van der Waals surface area (Å²) in [5.41, 5.74) is 1.70. The van der Waals surface area contributed by atoms with E-state index in [9.17, 15) is 0 Å². The molecule has 3 aliphatic rings. The van der Waals surface area contributed by atoms with Crippen molar-refractivity contribution in [1.29, 1.82) is 0 Å². The normalized spacial score (nSPS) is 35.0. The van der Waals surface area contributed by atoms with Crippen molar-refractivity contribution in [2.45, 2.75) is 45.1 Å². The maximum absolute atomic E-state index is 6.14. The predicted molar refractivity (Wildman–Crippen MR) is 80.8 cm³/mol. The molecule has 3 rings (SSSR count). The van der Waals surface area contributed by atoms with Gasteiger partial charge in [-0.1, -0.05) is 18.6 Å². The molecule has 2 atom stereocenters. The lowest BCUT2D eigenvalue weighted by Crippen LogP contribution is -2.55. The summed E-state index contributed by atoms with van der Waals surface area (Å²) in [6, 6.07) is 0. The summed E-state index contributed by atoms with van der Waals surface area (Å²) in [6.45, 7) is 10.8. The molecule has 2 saturated heterocycles. The first kappa shape index (κ1) is 14.6. The zero-order chi connectivity index (χ0) is 14.0. The van der Waals surface area contributed by atoms with Crippen LogP contribution < -0.4 is 0 Å². The number of allylic oxidation sites excluding steroid dienone is 1. The van der Waals surface area contributed by atoms with Gasteiger partial charge in [0.1, 0.15) is 0 Å². The van der Waals surface area contributed by atoms with E-state index in [1.165, 1.54) is 19.4 Å². The Hall–Kier alpha value is -0.380. The molecule has 20 heavy (non-hydrogen) atoms. The van der Waals surface area contributed by atoms with Crippen LogP contribution in [0.3, 0.4) is 0 Å². The standard InChI is InChI=1S/C17H29NO2/c1-14-4-3-5-15(2)16(14)12-18-8-11-20-17(13-18)6-9-19-10-7-17/h4,15-16H,3,5-13H2,1-2H3/t15-,16+/m1/s1. The molecule has 0 unspecified atom stereocenters. The van der Waals surface area contributed by atoms with Gasteiger partial charge in [-0.15, -0.1) is 0 Å². The highest BCUT2D eigenvalue weighted by Gasteiger charge is 2.39. The third kappa shape index (κ3) is 3.10. The van der Waals surface area contributed by atoms with E-state index in [4.69, 9.17) is 9.47 Å². The third-order valence-electron chi connectivity index (χ3n) is 5.55. The molecule has 0 aromatic rings. The van der Waals surface area contributed by atoms with Gasteiger partial charge < -0.3 is 9.47 Å². The Morgan fingerprint density at radius 2 is 2.10 bits per heavy atom. The smallest absolute Gasteiger partial charge is 0.0853 e. The largest absolute Gasteiger partial charge is 0.381 e. The Kier molecular flexibility index (Phi) is 4.49. The zero-order valence-electron chi connectivity index (χ0n) is 13.1. The minimum Gasteiger partial charge on any atom is -0.381 e. The zero-order valence-corrected chi connectivity index (χ0v) is 13.1. The summed E-state index contributed by atoms with van der Waals surface area (Å²) in [5.74, 6) is 1.58. The molecule has 3 nitrogen and oxygen atoms in total. The van der Waals surface area contributed by atoms with E-state index in [0.717, 1.165) is 57.6 Å². The molecule has 0 radical (unpaired) electrons. The van der Waals surface area contributed by atoms with E-state index < -0.39 is 0 Å². The first-order valence-electron chi connectivity index (χ1n) is 8.29. The molecular formula is C17H29NO2. The molecule has 2 aliphatic heterocycles. The molecule has 1 spiro atoms. The van der Waals surface area contributed by atoms with E-state index in [2.05, 4.69) is 24.8 Å². The van der Waals surface area contributed by atoms with Crippen LogP contribution in [0.1, 0.15) is 39.5 Å². The van der Waals surface area contributed by atoms with E-state index in [1.807, 2.05) is 0 Å². The predicted octanol–water partition coefficient (Wildman–Crippen LogP) is 2.86. The molecule has 0 amide bonds. The molecule has 1 aliphatic carbocycles. The second-order valence-electron chi connectivity index (χ2n) is 6.99. The van der Waals surface area contributed by atoms with Crippen molar-refractivity contribution in [3.8, 4) is 0 Å². The fourth-order valence-electron chi connectivity index (χ4n) is 4.10. The second-order valence-corrected chi connectivity index (χ2v) is 6.99. The van der Waals surface area contributed by atoms with Crippen LogP contribution in [-0.2, 0) is 9.47 Å². The Morgan fingerprint density at radius 1 is 1.30 bits per heavy atom. The minimum atomic E-state index is 0.0893. The first-order chi connectivity index (χ1) is 9.69. The third-order valence-corrected chi connectivity index (χ3v) is 5.55. The molecule has 0 aromatic heterocycles. The molecular weight excluding hydrogens is 250 g/mol. The highest BCUT2D eigenvalue weighted by Crippen LogP contribution is 2.33. The van der Waals surface area contributed by atoms with Crippen molar-refractivity contribution in [3.63, 3.8) is 0 Å². The van der Waals surface area contributed by atoms with E-state index in [0.29, 0.717) is 0 Å².